The molecule has 0 amide bonds. The molecule has 9 aromatic carbocycles. The van der Waals surface area contributed by atoms with Crippen LogP contribution in [0.3, 0.4) is 0 Å². The third-order valence-corrected chi connectivity index (χ3v) is 11.1. The number of rotatable bonds is 6. The first-order valence-electron chi connectivity index (χ1n) is 19.2. The highest BCUT2D eigenvalue weighted by Crippen LogP contribution is 2.56. The normalized spacial score (nSPS) is 14.0. The Morgan fingerprint density at radius 2 is 0.911 bits per heavy atom. The average molecular weight is 712 g/mol. The van der Waals surface area contributed by atoms with Crippen LogP contribution in [0.25, 0.3) is 44.2 Å². The second kappa shape index (κ2) is 14.1. The molecule has 0 heterocycles. The highest BCUT2D eigenvalue weighted by atomic mass is 15.1. The van der Waals surface area contributed by atoms with Crippen molar-refractivity contribution < 1.29 is 0 Å². The molecule has 262 valence electrons. The molecule has 0 aromatic heterocycles. The van der Waals surface area contributed by atoms with Gasteiger partial charge in [-0.2, -0.15) is 0 Å². The van der Waals surface area contributed by atoms with E-state index in [2.05, 4.69) is 235 Å². The van der Waals surface area contributed by atoms with Gasteiger partial charge in [-0.05, 0) is 104 Å². The van der Waals surface area contributed by atoms with Crippen LogP contribution in [0.15, 0.2) is 224 Å². The van der Waals surface area contributed by atoms with Crippen LogP contribution in [0, 0.1) is 11.8 Å². The van der Waals surface area contributed by atoms with Gasteiger partial charge in [0.05, 0.1) is 5.69 Å². The summed E-state index contributed by atoms with van der Waals surface area (Å²) in [7, 11) is 0. The predicted octanol–water partition coefficient (Wildman–Crippen LogP) is 14.0. The lowest BCUT2D eigenvalue weighted by molar-refractivity contribution is 0.837. The fraction of sp³-hybridized carbons (Fsp3) is 0.0182. The Kier molecular flexibility index (Phi) is 8.36. The number of fused-ring (bicyclic) bond motifs is 4. The summed E-state index contributed by atoms with van der Waals surface area (Å²) in [6.45, 7) is 0. The topological polar surface area (TPSA) is 3.24 Å². The molecule has 1 nitrogen and oxygen atoms in total. The molecule has 0 bridgehead atoms. The van der Waals surface area contributed by atoms with Crippen LogP contribution in [0.4, 0.5) is 17.1 Å². The highest BCUT2D eigenvalue weighted by molar-refractivity contribution is 5.98. The molecule has 0 N–H and O–H groups in total. The van der Waals surface area contributed by atoms with E-state index in [-0.39, 0.29) is 0 Å². The minimum absolute atomic E-state index is 0.679. The molecule has 1 aliphatic carbocycles. The SMILES string of the molecule is C(#CC1(c2ccccc2)c2ccccc2-c2c(N(c3ccc(-c4ccccc4)cc3)c3ccc(-c4ccc5ccccc5c4)cc3)cccc21)c1ccccc1. The standard InChI is InChI=1S/C55H37N/c1-4-15-40(16-5-1)37-38-55(47-21-8-3-9-22-47)51-24-13-12-23-50(51)54-52(55)25-14-26-53(54)56(48-33-29-43(30-34-48)41-17-6-2-7-18-41)49-35-31-44(32-36-49)46-28-27-42-19-10-11-20-45(42)39-46/h1-36,39H. The van der Waals surface area contributed by atoms with E-state index >= 15 is 0 Å². The molecule has 1 heteroatoms. The molecular formula is C55H37N. The minimum atomic E-state index is -0.679. The van der Waals surface area contributed by atoms with Crippen molar-refractivity contribution >= 4 is 27.8 Å². The first-order valence-corrected chi connectivity index (χ1v) is 19.2. The Morgan fingerprint density at radius 3 is 1.62 bits per heavy atom. The van der Waals surface area contributed by atoms with Crippen molar-refractivity contribution in [3.05, 3.63) is 247 Å². The van der Waals surface area contributed by atoms with Gasteiger partial charge in [0.2, 0.25) is 0 Å². The minimum Gasteiger partial charge on any atom is -0.310 e. The summed E-state index contributed by atoms with van der Waals surface area (Å²) in [5.74, 6) is 7.49. The number of hydrogen-bond acceptors (Lipinski definition) is 1. The lowest BCUT2D eigenvalue weighted by Gasteiger charge is -2.30. The van der Waals surface area contributed by atoms with E-state index < -0.39 is 5.41 Å². The summed E-state index contributed by atoms with van der Waals surface area (Å²) in [6, 6.07) is 80.6. The van der Waals surface area contributed by atoms with Crippen LogP contribution in [0.1, 0.15) is 22.3 Å². The first-order chi connectivity index (χ1) is 27.8. The summed E-state index contributed by atoms with van der Waals surface area (Å²) >= 11 is 0. The van der Waals surface area contributed by atoms with E-state index in [1.54, 1.807) is 0 Å². The summed E-state index contributed by atoms with van der Waals surface area (Å²) in [4.78, 5) is 2.42. The van der Waals surface area contributed by atoms with E-state index in [1.807, 2.05) is 6.07 Å². The van der Waals surface area contributed by atoms with Crippen LogP contribution in [0.5, 0.6) is 0 Å². The van der Waals surface area contributed by atoms with Crippen molar-refractivity contribution in [2.75, 3.05) is 4.90 Å². The maximum atomic E-state index is 3.88. The van der Waals surface area contributed by atoms with E-state index in [0.29, 0.717) is 0 Å². The molecule has 56 heavy (non-hydrogen) atoms. The fourth-order valence-corrected chi connectivity index (χ4v) is 8.42. The van der Waals surface area contributed by atoms with Gasteiger partial charge in [0.25, 0.3) is 0 Å². The van der Waals surface area contributed by atoms with E-state index in [4.69, 9.17) is 0 Å². The number of benzene rings is 9. The van der Waals surface area contributed by atoms with Gasteiger partial charge in [-0.15, -0.1) is 0 Å². The Bertz CT molecular complexity index is 2880. The molecule has 10 rings (SSSR count). The molecular weight excluding hydrogens is 675 g/mol. The lowest BCUT2D eigenvalue weighted by Crippen LogP contribution is -2.25. The number of nitrogens with zero attached hydrogens (tertiary/aromatic N) is 1. The predicted molar refractivity (Wildman–Crippen MR) is 235 cm³/mol. The Hall–Kier alpha value is -7.40. The molecule has 1 aliphatic rings. The van der Waals surface area contributed by atoms with E-state index in [0.717, 1.165) is 28.2 Å². The third-order valence-electron chi connectivity index (χ3n) is 11.1. The maximum absolute atomic E-state index is 3.88. The third kappa shape index (κ3) is 5.77. The van der Waals surface area contributed by atoms with Gasteiger partial charge in [0.1, 0.15) is 5.41 Å². The summed E-state index contributed by atoms with van der Waals surface area (Å²) in [5, 5.41) is 2.49. The molecule has 9 aromatic rings. The van der Waals surface area contributed by atoms with Gasteiger partial charge in [-0.25, -0.2) is 0 Å². The second-order valence-corrected chi connectivity index (χ2v) is 14.3. The maximum Gasteiger partial charge on any atom is 0.108 e. The van der Waals surface area contributed by atoms with Crippen molar-refractivity contribution in [3.8, 4) is 45.2 Å². The molecule has 0 spiro atoms. The average Bonchev–Trinajstić information content (AvgIpc) is 3.58. The highest BCUT2D eigenvalue weighted by Gasteiger charge is 2.45. The zero-order chi connectivity index (χ0) is 37.3. The monoisotopic (exact) mass is 711 g/mol. The van der Waals surface area contributed by atoms with Gasteiger partial charge in [-0.3, -0.25) is 0 Å². The summed E-state index contributed by atoms with van der Waals surface area (Å²) < 4.78 is 0. The van der Waals surface area contributed by atoms with E-state index in [1.165, 1.54) is 55.3 Å². The van der Waals surface area contributed by atoms with Crippen LogP contribution in [0.2, 0.25) is 0 Å². The lowest BCUT2D eigenvalue weighted by atomic mass is 9.73. The van der Waals surface area contributed by atoms with Crippen molar-refractivity contribution in [2.45, 2.75) is 5.41 Å². The van der Waals surface area contributed by atoms with E-state index in [9.17, 15) is 0 Å². The van der Waals surface area contributed by atoms with Gasteiger partial charge in [0, 0.05) is 22.5 Å². The Morgan fingerprint density at radius 1 is 0.375 bits per heavy atom. The molecule has 0 saturated heterocycles. The number of anilines is 3. The van der Waals surface area contributed by atoms with Gasteiger partial charge in [0.15, 0.2) is 0 Å². The summed E-state index contributed by atoms with van der Waals surface area (Å²) in [6.07, 6.45) is 0. The molecule has 1 unspecified atom stereocenters. The van der Waals surface area contributed by atoms with Crippen LogP contribution < -0.4 is 4.90 Å². The molecule has 0 aliphatic heterocycles. The van der Waals surface area contributed by atoms with Crippen LogP contribution in [-0.2, 0) is 5.41 Å². The van der Waals surface area contributed by atoms with Crippen molar-refractivity contribution in [2.24, 2.45) is 0 Å². The summed E-state index contributed by atoms with van der Waals surface area (Å²) in [5.41, 5.74) is 14.3. The van der Waals surface area contributed by atoms with Crippen LogP contribution in [-0.4, -0.2) is 0 Å². The first kappa shape index (κ1) is 33.2. The largest absolute Gasteiger partial charge is 0.310 e. The molecule has 0 radical (unpaired) electrons. The van der Waals surface area contributed by atoms with Gasteiger partial charge >= 0.3 is 0 Å². The van der Waals surface area contributed by atoms with Gasteiger partial charge in [-0.1, -0.05) is 188 Å². The molecule has 1 atom stereocenters. The van der Waals surface area contributed by atoms with Crippen LogP contribution >= 0.6 is 0 Å². The van der Waals surface area contributed by atoms with Gasteiger partial charge < -0.3 is 4.90 Å². The van der Waals surface area contributed by atoms with Crippen molar-refractivity contribution in [1.29, 1.82) is 0 Å². The zero-order valence-corrected chi connectivity index (χ0v) is 30.8. The molecule has 0 fully saturated rings. The zero-order valence-electron chi connectivity index (χ0n) is 30.8. The fourth-order valence-electron chi connectivity index (χ4n) is 8.42. The smallest absolute Gasteiger partial charge is 0.108 e. The van der Waals surface area contributed by atoms with Crippen molar-refractivity contribution in [1.82, 2.24) is 0 Å². The second-order valence-electron chi connectivity index (χ2n) is 14.3. The number of hydrogen-bond donors (Lipinski definition) is 0. The van der Waals surface area contributed by atoms with Crippen molar-refractivity contribution in [3.63, 3.8) is 0 Å². The molecule has 0 saturated carbocycles. The Balaban J connectivity index is 1.18. The quantitative estimate of drug-likeness (QED) is 0.155. The Labute approximate surface area is 328 Å².